The summed E-state index contributed by atoms with van der Waals surface area (Å²) < 4.78 is 28.3. The lowest BCUT2D eigenvalue weighted by atomic mass is 10.1. The van der Waals surface area contributed by atoms with E-state index < -0.39 is 41.4 Å². The van der Waals surface area contributed by atoms with Crippen molar-refractivity contribution < 1.29 is 52.8 Å². The van der Waals surface area contributed by atoms with Gasteiger partial charge in [0.2, 0.25) is 0 Å². The quantitative estimate of drug-likeness (QED) is 0.0955. The number of aliphatic carboxylic acids is 1. The Morgan fingerprint density at radius 3 is 1.34 bits per heavy atom. The van der Waals surface area contributed by atoms with Crippen LogP contribution >= 0.6 is 11.8 Å². The highest BCUT2D eigenvalue weighted by Gasteiger charge is 2.22. The van der Waals surface area contributed by atoms with Gasteiger partial charge in [0.05, 0.1) is 63.5 Å². The van der Waals surface area contributed by atoms with Crippen molar-refractivity contribution in [2.45, 2.75) is 117 Å². The van der Waals surface area contributed by atoms with Gasteiger partial charge in [-0.3, -0.25) is 29.1 Å². The highest BCUT2D eigenvalue weighted by atomic mass is 35.5. The van der Waals surface area contributed by atoms with Crippen LogP contribution in [0.5, 0.6) is 0 Å². The fourth-order valence-corrected chi connectivity index (χ4v) is 5.22. The molecule has 23 heteroatoms. The number of carboxylic acids is 1. The molecule has 0 aliphatic carbocycles. The van der Waals surface area contributed by atoms with Crippen LogP contribution in [-0.4, -0.2) is 184 Å². The number of ether oxygens (including phenoxy) is 5. The summed E-state index contributed by atoms with van der Waals surface area (Å²) in [5, 5.41) is 18.3. The standard InChI is InChI=1S/C15H28N2O4.C10H20N2O2.C8H15NO4.C6H14N2O.ClHN4/c1-12(16-14(19)21-15(2,3)4)13(18)6-5-7-17-8-10-20-11-9-17;1-9(11)10(13)3-2-4-12-5-7-14-8-6-12;1-5(6(10)11)9-7(12)13-8(2,3)4;7-1-2-8-3-5-9-6-4-8;1-3-5-4-2/h12H,5-11H2,1-4H3,(H,16,19);9H,2-8,11H2,1H3;5H,1-4H3,(H,9,12)(H,10,11);1-7H2;2H/t12-;9-;5-;;/m000../s1. The maximum Gasteiger partial charge on any atom is 0.408 e. The van der Waals surface area contributed by atoms with E-state index in [0.29, 0.717) is 12.8 Å². The highest BCUT2D eigenvalue weighted by Crippen LogP contribution is 2.09. The zero-order valence-corrected chi connectivity index (χ0v) is 39.4. The van der Waals surface area contributed by atoms with E-state index in [4.69, 9.17) is 45.8 Å². The van der Waals surface area contributed by atoms with E-state index >= 15 is 0 Å². The second-order valence-corrected chi connectivity index (χ2v) is 16.6. The van der Waals surface area contributed by atoms with Crippen LogP contribution in [-0.2, 0) is 38.1 Å². The minimum Gasteiger partial charge on any atom is -0.480 e. The molecule has 0 radical (unpaired) electrons. The number of hydrogen-bond donors (Lipinski definition) is 6. The fraction of sp³-hybridized carbons (Fsp3) is 0.872. The topological polar surface area (TPSA) is 298 Å². The lowest BCUT2D eigenvalue weighted by molar-refractivity contribution is -0.139. The third-order valence-corrected chi connectivity index (χ3v) is 8.53. The number of ketones is 2. The first-order valence-electron chi connectivity index (χ1n) is 21.1. The molecule has 3 rings (SSSR count). The molecule has 0 unspecified atom stereocenters. The minimum atomic E-state index is -1.09. The van der Waals surface area contributed by atoms with E-state index in [9.17, 15) is 24.0 Å². The van der Waals surface area contributed by atoms with Gasteiger partial charge in [-0.1, -0.05) is 4.63 Å². The molecule has 0 spiro atoms. The Balaban J connectivity index is 0. The van der Waals surface area contributed by atoms with Gasteiger partial charge in [0.1, 0.15) is 23.0 Å². The zero-order valence-electron chi connectivity index (χ0n) is 38.6. The molecule has 0 aromatic carbocycles. The Morgan fingerprint density at radius 1 is 0.694 bits per heavy atom. The molecule has 3 aliphatic heterocycles. The highest BCUT2D eigenvalue weighted by molar-refractivity contribution is 6.13. The van der Waals surface area contributed by atoms with Crippen molar-refractivity contribution in [3.05, 3.63) is 0 Å². The number of carboxylic acid groups (broad SMARTS) is 1. The minimum absolute atomic E-state index is 0.0362. The lowest BCUT2D eigenvalue weighted by Crippen LogP contribution is -2.42. The molecule has 2 amide bonds. The van der Waals surface area contributed by atoms with Gasteiger partial charge in [0, 0.05) is 65.2 Å². The number of alkyl carbamates (subject to hydrolysis) is 2. The third kappa shape index (κ3) is 38.2. The first-order valence-corrected chi connectivity index (χ1v) is 21.4. The molecule has 3 atom stereocenters. The number of carbonyl (C=O) groups is 5. The van der Waals surface area contributed by atoms with Gasteiger partial charge in [-0.2, -0.15) is 5.53 Å². The van der Waals surface area contributed by atoms with Gasteiger partial charge in [-0.15, -0.1) is 0 Å². The van der Waals surface area contributed by atoms with Gasteiger partial charge < -0.3 is 50.9 Å². The summed E-state index contributed by atoms with van der Waals surface area (Å²) in [6.07, 6.45) is 1.53. The van der Waals surface area contributed by atoms with Crippen molar-refractivity contribution in [2.24, 2.45) is 26.5 Å². The molecule has 362 valence electrons. The smallest absolute Gasteiger partial charge is 0.408 e. The molecule has 0 aromatic rings. The van der Waals surface area contributed by atoms with Crippen LogP contribution < -0.4 is 22.1 Å². The molecule has 0 bridgehead atoms. The second-order valence-electron chi connectivity index (χ2n) is 16.4. The maximum atomic E-state index is 12.0. The van der Waals surface area contributed by atoms with Gasteiger partial charge in [0.15, 0.2) is 5.78 Å². The predicted molar refractivity (Wildman–Crippen MR) is 234 cm³/mol. The zero-order chi connectivity index (χ0) is 47.6. The maximum absolute atomic E-state index is 12.0. The van der Waals surface area contributed by atoms with Crippen molar-refractivity contribution in [3.8, 4) is 0 Å². The molecule has 62 heavy (non-hydrogen) atoms. The van der Waals surface area contributed by atoms with Gasteiger partial charge >= 0.3 is 18.2 Å². The molecule has 3 saturated heterocycles. The van der Waals surface area contributed by atoms with Crippen LogP contribution in [0.25, 0.3) is 0 Å². The number of nitrogens with zero attached hydrogens (tertiary/aromatic N) is 6. The van der Waals surface area contributed by atoms with Crippen molar-refractivity contribution in [2.75, 3.05) is 105 Å². The van der Waals surface area contributed by atoms with Crippen molar-refractivity contribution in [1.29, 1.82) is 5.53 Å². The third-order valence-electron chi connectivity index (χ3n) is 8.46. The van der Waals surface area contributed by atoms with Gasteiger partial charge in [0.25, 0.3) is 0 Å². The molecular formula is C39H78ClN11O11. The number of hydrogen-bond acceptors (Lipinski definition) is 17. The van der Waals surface area contributed by atoms with Crippen molar-refractivity contribution in [1.82, 2.24) is 25.3 Å². The predicted octanol–water partition coefficient (Wildman–Crippen LogP) is 3.40. The van der Waals surface area contributed by atoms with Gasteiger partial charge in [-0.05, 0) is 98.7 Å². The Labute approximate surface area is 373 Å². The molecule has 3 fully saturated rings. The Hall–Kier alpha value is -3.48. The van der Waals surface area contributed by atoms with Crippen LogP contribution in [0.3, 0.4) is 0 Å². The molecule has 22 nitrogen and oxygen atoms in total. The fourth-order valence-electron chi connectivity index (χ4n) is 5.18. The Kier molecular flexibility index (Phi) is 35.1. The summed E-state index contributed by atoms with van der Waals surface area (Å²) >= 11 is 4.55. The lowest BCUT2D eigenvalue weighted by Gasteiger charge is -2.26. The van der Waals surface area contributed by atoms with Crippen LogP contribution in [0.15, 0.2) is 15.1 Å². The van der Waals surface area contributed by atoms with Crippen molar-refractivity contribution >= 4 is 41.5 Å². The summed E-state index contributed by atoms with van der Waals surface area (Å²) in [5.74, 6) is -0.891. The van der Waals surface area contributed by atoms with E-state index in [2.05, 4.69) is 52.2 Å². The van der Waals surface area contributed by atoms with E-state index in [1.165, 1.54) is 6.92 Å². The molecule has 3 heterocycles. The number of nitrogens with one attached hydrogen (secondary N) is 3. The molecule has 0 aromatic heterocycles. The number of nitrogens with two attached hydrogens (primary N) is 2. The molecule has 3 aliphatic rings. The first kappa shape index (κ1) is 60.6. The number of carbonyl (C=O) groups excluding carboxylic acids is 4. The summed E-state index contributed by atoms with van der Waals surface area (Å²) in [6.45, 7) is 29.9. The average molecular weight is 913 g/mol. The van der Waals surface area contributed by atoms with E-state index in [-0.39, 0.29) is 17.6 Å². The largest absolute Gasteiger partial charge is 0.480 e. The number of Topliss-reactive ketones (excluding diaryl/α,β-unsaturated/α-hetero) is 2. The van der Waals surface area contributed by atoms with Crippen LogP contribution in [0.2, 0.25) is 0 Å². The van der Waals surface area contributed by atoms with Crippen LogP contribution in [0, 0.1) is 5.53 Å². The summed E-state index contributed by atoms with van der Waals surface area (Å²) in [5.41, 5.74) is 15.6. The van der Waals surface area contributed by atoms with Crippen molar-refractivity contribution in [3.63, 3.8) is 0 Å². The summed E-state index contributed by atoms with van der Waals surface area (Å²) in [4.78, 5) is 63.0. The normalized spacial score (nSPS) is 17.5. The molecular weight excluding hydrogens is 834 g/mol. The van der Waals surface area contributed by atoms with Crippen LogP contribution in [0.4, 0.5) is 9.59 Å². The Morgan fingerprint density at radius 2 is 1.05 bits per heavy atom. The monoisotopic (exact) mass is 912 g/mol. The van der Waals surface area contributed by atoms with Gasteiger partial charge in [-0.25, -0.2) is 9.59 Å². The first-order chi connectivity index (χ1) is 29.0. The number of halogens is 1. The van der Waals surface area contributed by atoms with E-state index in [1.54, 1.807) is 55.4 Å². The number of amides is 2. The summed E-state index contributed by atoms with van der Waals surface area (Å²) in [6, 6.07) is -1.75. The van der Waals surface area contributed by atoms with E-state index in [1.807, 2.05) is 0 Å². The van der Waals surface area contributed by atoms with E-state index in [0.717, 1.165) is 118 Å². The number of rotatable bonds is 16. The average Bonchev–Trinajstić information content (AvgIpc) is 3.19. The molecule has 8 N–H and O–H groups in total. The van der Waals surface area contributed by atoms with Crippen LogP contribution in [0.1, 0.15) is 88.0 Å². The molecule has 0 saturated carbocycles. The second kappa shape index (κ2) is 35.9. The summed E-state index contributed by atoms with van der Waals surface area (Å²) in [7, 11) is 0. The SMILES string of the molecule is C[C@H](N)C(=O)CCCN1CCOCC1.C[C@H](NC(=O)OC(C)(C)C)C(=O)CCCN1CCOCC1.C[C@H](NC(=O)OC(C)(C)C)C(=O)O.N=NN=NCl.NCCN1CCOCC1. The Bertz CT molecular complexity index is 1270. The number of morpholine rings is 3.